The summed E-state index contributed by atoms with van der Waals surface area (Å²) in [6.45, 7) is 0.391. The van der Waals surface area contributed by atoms with Crippen LogP contribution in [0.2, 0.25) is 0 Å². The van der Waals surface area contributed by atoms with E-state index in [1.807, 2.05) is 0 Å². The zero-order valence-electron chi connectivity index (χ0n) is 10.9. The molecule has 0 saturated heterocycles. The van der Waals surface area contributed by atoms with E-state index in [-0.39, 0.29) is 5.69 Å². The number of nitrogens with zero attached hydrogens (tertiary/aromatic N) is 2. The number of hydrogen-bond acceptors (Lipinski definition) is 3. The summed E-state index contributed by atoms with van der Waals surface area (Å²) in [5, 5.41) is 2.60. The van der Waals surface area contributed by atoms with E-state index < -0.39 is 17.6 Å². The minimum absolute atomic E-state index is 0.0407. The summed E-state index contributed by atoms with van der Waals surface area (Å²) in [4.78, 5) is 22.2. The summed E-state index contributed by atoms with van der Waals surface area (Å²) in [5.41, 5.74) is -0.919. The molecule has 2 N–H and O–H groups in total. The molecule has 0 aliphatic heterocycles. The van der Waals surface area contributed by atoms with Crippen LogP contribution in [0.15, 0.2) is 30.7 Å². The van der Waals surface area contributed by atoms with Crippen molar-refractivity contribution >= 4 is 5.91 Å². The summed E-state index contributed by atoms with van der Waals surface area (Å²) >= 11 is 0. The number of nitrogens with one attached hydrogen (secondary N) is 2. The first kappa shape index (κ1) is 15.0. The van der Waals surface area contributed by atoms with Gasteiger partial charge in [-0.3, -0.25) is 9.78 Å². The van der Waals surface area contributed by atoms with Crippen LogP contribution in [0.25, 0.3) is 0 Å². The second-order valence-electron chi connectivity index (χ2n) is 4.33. The molecular weight excluding hydrogens is 285 g/mol. The van der Waals surface area contributed by atoms with Crippen LogP contribution in [0.4, 0.5) is 13.2 Å². The fraction of sp³-hybridized carbons (Fsp3) is 0.308. The molecule has 0 spiro atoms. The molecule has 0 bridgehead atoms. The SMILES string of the molecule is O=C(NCCCc1ncc[nH]1)c1ccc(C(F)(F)F)cn1. The number of aromatic nitrogens is 3. The maximum atomic E-state index is 12.4. The summed E-state index contributed by atoms with van der Waals surface area (Å²) in [7, 11) is 0. The first-order valence-corrected chi connectivity index (χ1v) is 6.26. The van der Waals surface area contributed by atoms with E-state index in [9.17, 15) is 18.0 Å². The number of H-pyrrole nitrogens is 1. The second-order valence-corrected chi connectivity index (χ2v) is 4.33. The van der Waals surface area contributed by atoms with E-state index >= 15 is 0 Å². The van der Waals surface area contributed by atoms with Gasteiger partial charge in [-0.15, -0.1) is 0 Å². The molecule has 8 heteroatoms. The van der Waals surface area contributed by atoms with E-state index in [4.69, 9.17) is 0 Å². The number of pyridine rings is 1. The van der Waals surface area contributed by atoms with Gasteiger partial charge in [0.2, 0.25) is 0 Å². The van der Waals surface area contributed by atoms with Gasteiger partial charge in [-0.25, -0.2) is 4.98 Å². The number of carbonyl (C=O) groups is 1. The van der Waals surface area contributed by atoms with Crippen molar-refractivity contribution in [3.05, 3.63) is 47.8 Å². The summed E-state index contributed by atoms with van der Waals surface area (Å²) in [6, 6.07) is 1.90. The van der Waals surface area contributed by atoms with E-state index in [2.05, 4.69) is 20.3 Å². The van der Waals surface area contributed by atoms with Gasteiger partial charge in [0.25, 0.3) is 5.91 Å². The average molecular weight is 298 g/mol. The molecule has 112 valence electrons. The Hall–Kier alpha value is -2.38. The monoisotopic (exact) mass is 298 g/mol. The van der Waals surface area contributed by atoms with E-state index in [0.29, 0.717) is 25.6 Å². The number of aryl methyl sites for hydroxylation is 1. The van der Waals surface area contributed by atoms with Gasteiger partial charge >= 0.3 is 6.18 Å². The number of imidazole rings is 1. The van der Waals surface area contributed by atoms with Crippen LogP contribution in [0.3, 0.4) is 0 Å². The summed E-state index contributed by atoms with van der Waals surface area (Å²) < 4.78 is 37.1. The Bertz CT molecular complexity index is 578. The Morgan fingerprint density at radius 2 is 2.10 bits per heavy atom. The molecule has 2 rings (SSSR count). The molecule has 0 radical (unpaired) electrons. The topological polar surface area (TPSA) is 70.7 Å². The number of hydrogen-bond donors (Lipinski definition) is 2. The summed E-state index contributed by atoms with van der Waals surface area (Å²) in [5.74, 6) is 0.320. The zero-order chi connectivity index (χ0) is 15.3. The Morgan fingerprint density at radius 3 is 2.67 bits per heavy atom. The van der Waals surface area contributed by atoms with Crippen LogP contribution in [0.1, 0.15) is 28.3 Å². The molecule has 2 heterocycles. The Labute approximate surface area is 118 Å². The first-order valence-electron chi connectivity index (χ1n) is 6.26. The van der Waals surface area contributed by atoms with E-state index in [1.54, 1.807) is 12.4 Å². The lowest BCUT2D eigenvalue weighted by Gasteiger charge is -2.07. The number of halogens is 3. The number of rotatable bonds is 5. The van der Waals surface area contributed by atoms with Gasteiger partial charge in [0.1, 0.15) is 11.5 Å². The molecule has 0 unspecified atom stereocenters. The minimum atomic E-state index is -4.45. The second kappa shape index (κ2) is 6.38. The third kappa shape index (κ3) is 4.30. The lowest BCUT2D eigenvalue weighted by Crippen LogP contribution is -2.26. The van der Waals surface area contributed by atoms with Crippen molar-refractivity contribution in [3.63, 3.8) is 0 Å². The van der Waals surface area contributed by atoms with E-state index in [1.165, 1.54) is 0 Å². The van der Waals surface area contributed by atoms with Crippen molar-refractivity contribution in [1.82, 2.24) is 20.3 Å². The standard InChI is InChI=1S/C13H13F3N4O/c14-13(15,16)9-3-4-10(20-8-9)12(21)19-5-1-2-11-17-6-7-18-11/h3-4,6-8H,1-2,5H2,(H,17,18)(H,19,21). The molecule has 0 aliphatic rings. The lowest BCUT2D eigenvalue weighted by molar-refractivity contribution is -0.137. The maximum Gasteiger partial charge on any atom is 0.417 e. The van der Waals surface area contributed by atoms with Gasteiger partial charge in [0.05, 0.1) is 5.56 Å². The molecular formula is C13H13F3N4O. The van der Waals surface area contributed by atoms with Crippen molar-refractivity contribution in [3.8, 4) is 0 Å². The predicted octanol–water partition coefficient (Wildman–Crippen LogP) is 2.19. The fourth-order valence-electron chi connectivity index (χ4n) is 1.68. The zero-order valence-corrected chi connectivity index (χ0v) is 10.9. The number of amides is 1. The molecule has 21 heavy (non-hydrogen) atoms. The Morgan fingerprint density at radius 1 is 1.29 bits per heavy atom. The van der Waals surface area contributed by atoms with Crippen LogP contribution in [0, 0.1) is 0 Å². The molecule has 0 aromatic carbocycles. The van der Waals surface area contributed by atoms with Crippen molar-refractivity contribution in [1.29, 1.82) is 0 Å². The highest BCUT2D eigenvalue weighted by atomic mass is 19.4. The van der Waals surface area contributed by atoms with Crippen molar-refractivity contribution in [2.45, 2.75) is 19.0 Å². The lowest BCUT2D eigenvalue weighted by atomic mass is 10.2. The van der Waals surface area contributed by atoms with Crippen LogP contribution in [-0.2, 0) is 12.6 Å². The largest absolute Gasteiger partial charge is 0.417 e. The number of aromatic amines is 1. The highest BCUT2D eigenvalue weighted by Gasteiger charge is 2.30. The predicted molar refractivity (Wildman–Crippen MR) is 68.5 cm³/mol. The van der Waals surface area contributed by atoms with E-state index in [0.717, 1.165) is 18.0 Å². The molecule has 2 aromatic rings. The van der Waals surface area contributed by atoms with Crippen LogP contribution in [-0.4, -0.2) is 27.4 Å². The minimum Gasteiger partial charge on any atom is -0.351 e. The van der Waals surface area contributed by atoms with Gasteiger partial charge in [-0.05, 0) is 18.6 Å². The molecule has 0 aliphatic carbocycles. The van der Waals surface area contributed by atoms with Gasteiger partial charge < -0.3 is 10.3 Å². The Kier molecular flexibility index (Phi) is 4.56. The van der Waals surface area contributed by atoms with Crippen molar-refractivity contribution in [2.24, 2.45) is 0 Å². The maximum absolute atomic E-state index is 12.4. The van der Waals surface area contributed by atoms with Gasteiger partial charge in [0.15, 0.2) is 0 Å². The van der Waals surface area contributed by atoms with Crippen molar-refractivity contribution < 1.29 is 18.0 Å². The molecule has 0 saturated carbocycles. The van der Waals surface area contributed by atoms with Gasteiger partial charge in [-0.2, -0.15) is 13.2 Å². The smallest absolute Gasteiger partial charge is 0.351 e. The van der Waals surface area contributed by atoms with Gasteiger partial charge in [-0.1, -0.05) is 0 Å². The highest BCUT2D eigenvalue weighted by molar-refractivity contribution is 5.92. The van der Waals surface area contributed by atoms with Crippen LogP contribution < -0.4 is 5.32 Å². The quantitative estimate of drug-likeness (QED) is 0.831. The molecule has 1 amide bonds. The fourth-order valence-corrected chi connectivity index (χ4v) is 1.68. The Balaban J connectivity index is 1.80. The normalized spacial score (nSPS) is 11.4. The molecule has 2 aromatic heterocycles. The molecule has 0 fully saturated rings. The molecule has 5 nitrogen and oxygen atoms in total. The number of alkyl halides is 3. The van der Waals surface area contributed by atoms with Crippen LogP contribution in [0.5, 0.6) is 0 Å². The van der Waals surface area contributed by atoms with Crippen LogP contribution >= 0.6 is 0 Å². The third-order valence-corrected chi connectivity index (χ3v) is 2.75. The third-order valence-electron chi connectivity index (χ3n) is 2.75. The first-order chi connectivity index (χ1) is 9.97. The number of carbonyl (C=O) groups excluding carboxylic acids is 1. The molecule has 0 atom stereocenters. The van der Waals surface area contributed by atoms with Gasteiger partial charge in [0, 0.05) is 31.6 Å². The highest BCUT2D eigenvalue weighted by Crippen LogP contribution is 2.28. The average Bonchev–Trinajstić information content (AvgIpc) is 2.96. The summed E-state index contributed by atoms with van der Waals surface area (Å²) in [6.07, 6.45) is 0.885. The van der Waals surface area contributed by atoms with Crippen molar-refractivity contribution in [2.75, 3.05) is 6.54 Å².